The number of aliphatic imine (C=N–C) groups is 1. The molecule has 0 spiro atoms. The second-order valence-electron chi connectivity index (χ2n) is 5.36. The zero-order valence-corrected chi connectivity index (χ0v) is 12.3. The van der Waals surface area contributed by atoms with Crippen molar-refractivity contribution in [1.29, 1.82) is 10.5 Å². The van der Waals surface area contributed by atoms with Crippen molar-refractivity contribution in [2.75, 3.05) is 5.73 Å². The summed E-state index contributed by atoms with van der Waals surface area (Å²) in [6, 6.07) is 10.1. The van der Waals surface area contributed by atoms with E-state index in [4.69, 9.17) is 5.73 Å². The van der Waals surface area contributed by atoms with Crippen LogP contribution in [0.3, 0.4) is 0 Å². The molecule has 108 valence electrons. The number of fused-ring (bicyclic) bond motifs is 1. The molecule has 0 saturated heterocycles. The summed E-state index contributed by atoms with van der Waals surface area (Å²) in [6.07, 6.45) is 0. The van der Waals surface area contributed by atoms with Crippen LogP contribution in [-0.4, -0.2) is 15.9 Å². The summed E-state index contributed by atoms with van der Waals surface area (Å²) in [4.78, 5) is 4.34. The molecule has 2 aromatic rings. The quantitative estimate of drug-likeness (QED) is 0.839. The first-order valence-corrected chi connectivity index (χ1v) is 6.86. The summed E-state index contributed by atoms with van der Waals surface area (Å²) >= 11 is 0. The maximum atomic E-state index is 9.51. The van der Waals surface area contributed by atoms with Crippen molar-refractivity contribution >= 4 is 22.4 Å². The number of hydrogen-bond donors (Lipinski definition) is 2. The van der Waals surface area contributed by atoms with Gasteiger partial charge in [0.05, 0.1) is 34.8 Å². The summed E-state index contributed by atoms with van der Waals surface area (Å²) in [5.41, 5.74) is 9.38. The number of hydrogen-bond acceptors (Lipinski definition) is 5. The normalized spacial score (nSPS) is 21.4. The molecule has 2 atom stereocenters. The van der Waals surface area contributed by atoms with Crippen LogP contribution in [-0.2, 0) is 0 Å². The number of anilines is 1. The number of allylic oxidation sites excluding steroid dienone is 2. The van der Waals surface area contributed by atoms with E-state index < -0.39 is 5.92 Å². The maximum Gasteiger partial charge on any atom is 0.153 e. The van der Waals surface area contributed by atoms with E-state index in [9.17, 15) is 10.5 Å². The number of nitrogens with two attached hydrogens (primary N) is 1. The first-order valence-electron chi connectivity index (χ1n) is 6.86. The monoisotopic (exact) mass is 290 g/mol. The fraction of sp³-hybridized carbons (Fsp3) is 0.250. The Hall–Kier alpha value is -3.12. The second kappa shape index (κ2) is 5.01. The number of aromatic nitrogens is 2. The van der Waals surface area contributed by atoms with Crippen molar-refractivity contribution in [1.82, 2.24) is 10.2 Å². The smallest absolute Gasteiger partial charge is 0.153 e. The lowest BCUT2D eigenvalue weighted by Gasteiger charge is -2.26. The Morgan fingerprint density at radius 3 is 2.73 bits per heavy atom. The van der Waals surface area contributed by atoms with Gasteiger partial charge in [-0.3, -0.25) is 10.1 Å². The average Bonchev–Trinajstić information content (AvgIpc) is 2.87. The molecule has 6 nitrogen and oxygen atoms in total. The van der Waals surface area contributed by atoms with Crippen LogP contribution in [0.15, 0.2) is 34.5 Å². The Labute approximate surface area is 127 Å². The van der Waals surface area contributed by atoms with E-state index in [2.05, 4.69) is 27.3 Å². The van der Waals surface area contributed by atoms with Crippen molar-refractivity contribution in [3.8, 4) is 12.1 Å². The van der Waals surface area contributed by atoms with Crippen molar-refractivity contribution in [2.45, 2.75) is 19.8 Å². The van der Waals surface area contributed by atoms with Gasteiger partial charge in [0, 0.05) is 17.0 Å². The summed E-state index contributed by atoms with van der Waals surface area (Å²) in [5.74, 6) is -0.329. The fourth-order valence-corrected chi connectivity index (χ4v) is 2.96. The van der Waals surface area contributed by atoms with E-state index in [1.807, 2.05) is 25.1 Å². The van der Waals surface area contributed by atoms with Gasteiger partial charge in [0.1, 0.15) is 0 Å². The lowest BCUT2D eigenvalue weighted by Crippen LogP contribution is -2.24. The molecule has 1 aliphatic heterocycles. The zero-order chi connectivity index (χ0) is 15.9. The van der Waals surface area contributed by atoms with Crippen LogP contribution in [0.1, 0.15) is 25.3 Å². The number of nitrogens with zero attached hydrogens (tertiary/aromatic N) is 4. The highest BCUT2D eigenvalue weighted by Gasteiger charge is 2.34. The molecular formula is C16H14N6. The minimum atomic E-state index is -0.448. The Morgan fingerprint density at radius 1 is 1.27 bits per heavy atom. The van der Waals surface area contributed by atoms with Gasteiger partial charge < -0.3 is 5.73 Å². The molecule has 1 aliphatic rings. The van der Waals surface area contributed by atoms with Crippen LogP contribution in [0.5, 0.6) is 0 Å². The van der Waals surface area contributed by atoms with Gasteiger partial charge in [-0.15, -0.1) is 0 Å². The molecule has 0 fully saturated rings. The van der Waals surface area contributed by atoms with Crippen molar-refractivity contribution < 1.29 is 0 Å². The van der Waals surface area contributed by atoms with Gasteiger partial charge in [0.25, 0.3) is 0 Å². The van der Waals surface area contributed by atoms with Crippen LogP contribution in [0.25, 0.3) is 10.9 Å². The zero-order valence-electron chi connectivity index (χ0n) is 12.3. The SMILES string of the molecule is CC1=NC(C)=C(C#N)C(c2ccc3c(N)n[nH]c3c2)C1C#N. The highest BCUT2D eigenvalue weighted by molar-refractivity contribution is 5.92. The third-order valence-corrected chi connectivity index (χ3v) is 4.06. The Kier molecular flexibility index (Phi) is 3.15. The van der Waals surface area contributed by atoms with E-state index in [0.29, 0.717) is 17.1 Å². The van der Waals surface area contributed by atoms with Crippen molar-refractivity contribution in [3.63, 3.8) is 0 Å². The van der Waals surface area contributed by atoms with E-state index in [-0.39, 0.29) is 5.92 Å². The van der Waals surface area contributed by atoms with Gasteiger partial charge in [0.2, 0.25) is 0 Å². The molecule has 0 bridgehead atoms. The Morgan fingerprint density at radius 2 is 2.05 bits per heavy atom. The highest BCUT2D eigenvalue weighted by atomic mass is 15.1. The molecule has 0 saturated carbocycles. The number of nitrogens with one attached hydrogen (secondary N) is 1. The number of aromatic amines is 1. The minimum Gasteiger partial charge on any atom is -0.382 e. The van der Waals surface area contributed by atoms with Crippen molar-refractivity contribution in [2.24, 2.45) is 10.9 Å². The molecule has 6 heteroatoms. The van der Waals surface area contributed by atoms with Gasteiger partial charge in [-0.25, -0.2) is 0 Å². The van der Waals surface area contributed by atoms with E-state index in [0.717, 1.165) is 22.2 Å². The van der Waals surface area contributed by atoms with Crippen LogP contribution in [0, 0.1) is 28.6 Å². The van der Waals surface area contributed by atoms with E-state index in [1.54, 1.807) is 6.92 Å². The summed E-state index contributed by atoms with van der Waals surface area (Å²) in [5, 5.41) is 26.7. The third-order valence-electron chi connectivity index (χ3n) is 4.06. The fourth-order valence-electron chi connectivity index (χ4n) is 2.96. The summed E-state index contributed by atoms with van der Waals surface area (Å²) in [6.45, 7) is 3.63. The molecule has 2 unspecified atom stereocenters. The number of H-pyrrole nitrogens is 1. The van der Waals surface area contributed by atoms with Crippen LogP contribution in [0.4, 0.5) is 5.82 Å². The third kappa shape index (κ3) is 1.94. The van der Waals surface area contributed by atoms with Gasteiger partial charge in [-0.05, 0) is 31.5 Å². The largest absolute Gasteiger partial charge is 0.382 e. The van der Waals surface area contributed by atoms with Gasteiger partial charge in [-0.1, -0.05) is 6.07 Å². The Bertz CT molecular complexity index is 903. The number of nitrogen functional groups attached to an aromatic ring is 1. The number of benzene rings is 1. The van der Waals surface area contributed by atoms with Crippen LogP contribution in [0.2, 0.25) is 0 Å². The van der Waals surface area contributed by atoms with Crippen LogP contribution < -0.4 is 5.73 Å². The van der Waals surface area contributed by atoms with E-state index in [1.165, 1.54) is 0 Å². The average molecular weight is 290 g/mol. The molecule has 1 aromatic carbocycles. The molecule has 1 aromatic heterocycles. The van der Waals surface area contributed by atoms with Gasteiger partial charge in [0.15, 0.2) is 5.82 Å². The minimum absolute atomic E-state index is 0.318. The predicted molar refractivity (Wildman–Crippen MR) is 83.8 cm³/mol. The maximum absolute atomic E-state index is 9.51. The Balaban J connectivity index is 2.20. The molecule has 0 amide bonds. The standard InChI is InChI=1S/C16H14N6/c1-8-12(6-17)15(13(7-18)9(2)20-8)10-3-4-11-14(5-10)21-22-16(11)19/h3-5,12,15H,1-2H3,(H3,19,21,22). The lowest BCUT2D eigenvalue weighted by atomic mass is 9.77. The predicted octanol–water partition coefficient (Wildman–Crippen LogP) is 2.64. The van der Waals surface area contributed by atoms with E-state index >= 15 is 0 Å². The molecule has 3 N–H and O–H groups in total. The molecule has 0 aliphatic carbocycles. The molecule has 22 heavy (non-hydrogen) atoms. The molecule has 0 radical (unpaired) electrons. The van der Waals surface area contributed by atoms with Gasteiger partial charge >= 0.3 is 0 Å². The number of rotatable bonds is 1. The molecular weight excluding hydrogens is 276 g/mol. The first kappa shape index (κ1) is 13.8. The number of nitriles is 2. The first-order chi connectivity index (χ1) is 10.6. The summed E-state index contributed by atoms with van der Waals surface area (Å²) < 4.78 is 0. The topological polar surface area (TPSA) is 115 Å². The summed E-state index contributed by atoms with van der Waals surface area (Å²) in [7, 11) is 0. The van der Waals surface area contributed by atoms with Crippen LogP contribution >= 0.6 is 0 Å². The van der Waals surface area contributed by atoms with Gasteiger partial charge in [-0.2, -0.15) is 15.6 Å². The lowest BCUT2D eigenvalue weighted by molar-refractivity contribution is 0.704. The molecule has 3 rings (SSSR count). The second-order valence-corrected chi connectivity index (χ2v) is 5.36. The van der Waals surface area contributed by atoms with Crippen molar-refractivity contribution in [3.05, 3.63) is 35.0 Å². The molecule has 2 heterocycles. The highest BCUT2D eigenvalue weighted by Crippen LogP contribution is 2.39.